The molecule has 0 aliphatic carbocycles. The van der Waals surface area contributed by atoms with Crippen LogP contribution in [0.4, 0.5) is 8.78 Å². The van der Waals surface area contributed by atoms with Gasteiger partial charge in [-0.25, -0.2) is 13.8 Å². The number of carbonyl (C=O) groups excluding carboxylic acids is 1. The molecule has 2 aromatic carbocycles. The largest absolute Gasteiger partial charge is 0.431 e. The standard InChI is InChI=1S/C17H12F2N2O2S/c18-14-6-3-12(9-15(14)19)16(22)21-10-11-1-4-13(5-2-11)23-17-20-7-8-24-17/h1-9H,10H2,(H,21,22). The molecule has 0 aliphatic heterocycles. The Bertz CT molecular complexity index is 836. The lowest BCUT2D eigenvalue weighted by atomic mass is 10.2. The van der Waals surface area contributed by atoms with Gasteiger partial charge in [-0.2, -0.15) is 0 Å². The van der Waals surface area contributed by atoms with Crippen molar-refractivity contribution in [1.29, 1.82) is 0 Å². The molecule has 0 atom stereocenters. The number of carbonyl (C=O) groups is 1. The van der Waals surface area contributed by atoms with E-state index >= 15 is 0 Å². The van der Waals surface area contributed by atoms with Crippen molar-refractivity contribution in [2.75, 3.05) is 0 Å². The molecule has 1 amide bonds. The molecule has 4 nitrogen and oxygen atoms in total. The third-order valence-corrected chi connectivity index (χ3v) is 3.82. The molecule has 24 heavy (non-hydrogen) atoms. The summed E-state index contributed by atoms with van der Waals surface area (Å²) >= 11 is 1.39. The molecule has 1 aromatic heterocycles. The Morgan fingerprint density at radius 1 is 1.12 bits per heavy atom. The molecule has 0 radical (unpaired) electrons. The molecule has 0 saturated heterocycles. The lowest BCUT2D eigenvalue weighted by Crippen LogP contribution is -2.22. The van der Waals surface area contributed by atoms with Crippen LogP contribution in [0, 0.1) is 11.6 Å². The van der Waals surface area contributed by atoms with Gasteiger partial charge in [0.15, 0.2) is 11.6 Å². The number of rotatable bonds is 5. The van der Waals surface area contributed by atoms with Crippen molar-refractivity contribution in [3.8, 4) is 10.9 Å². The predicted octanol–water partition coefficient (Wildman–Crippen LogP) is 4.14. The van der Waals surface area contributed by atoms with Crippen LogP contribution >= 0.6 is 11.3 Å². The zero-order valence-corrected chi connectivity index (χ0v) is 13.1. The van der Waals surface area contributed by atoms with E-state index < -0.39 is 17.5 Å². The van der Waals surface area contributed by atoms with E-state index in [1.54, 1.807) is 30.5 Å². The van der Waals surface area contributed by atoms with E-state index in [2.05, 4.69) is 10.3 Å². The first-order valence-corrected chi connectivity index (χ1v) is 7.89. The van der Waals surface area contributed by atoms with Gasteiger partial charge in [0, 0.05) is 23.7 Å². The summed E-state index contributed by atoms with van der Waals surface area (Å²) in [6.07, 6.45) is 1.65. The molecular formula is C17H12F2N2O2S. The van der Waals surface area contributed by atoms with Crippen molar-refractivity contribution in [2.45, 2.75) is 6.54 Å². The van der Waals surface area contributed by atoms with Crippen molar-refractivity contribution in [1.82, 2.24) is 10.3 Å². The van der Waals surface area contributed by atoms with E-state index in [4.69, 9.17) is 4.74 Å². The van der Waals surface area contributed by atoms with E-state index in [0.717, 1.165) is 17.7 Å². The van der Waals surface area contributed by atoms with Crippen LogP contribution in [0.15, 0.2) is 54.0 Å². The number of amides is 1. The van der Waals surface area contributed by atoms with Crippen LogP contribution in [0.2, 0.25) is 0 Å². The predicted molar refractivity (Wildman–Crippen MR) is 86.2 cm³/mol. The molecule has 3 aromatic rings. The average molecular weight is 346 g/mol. The molecule has 0 bridgehead atoms. The summed E-state index contributed by atoms with van der Waals surface area (Å²) in [4.78, 5) is 16.0. The minimum Gasteiger partial charge on any atom is -0.431 e. The minimum atomic E-state index is -1.05. The first-order valence-electron chi connectivity index (χ1n) is 7.01. The number of aromatic nitrogens is 1. The van der Waals surface area contributed by atoms with Gasteiger partial charge in [0.05, 0.1) is 0 Å². The lowest BCUT2D eigenvalue weighted by Gasteiger charge is -2.07. The lowest BCUT2D eigenvalue weighted by molar-refractivity contribution is 0.0950. The molecule has 0 fully saturated rings. The van der Waals surface area contributed by atoms with E-state index in [9.17, 15) is 13.6 Å². The fourth-order valence-electron chi connectivity index (χ4n) is 1.96. The SMILES string of the molecule is O=C(NCc1ccc(Oc2nccs2)cc1)c1ccc(F)c(F)c1. The fraction of sp³-hybridized carbons (Fsp3) is 0.0588. The van der Waals surface area contributed by atoms with Crippen LogP contribution < -0.4 is 10.1 Å². The molecule has 122 valence electrons. The topological polar surface area (TPSA) is 51.2 Å². The molecule has 7 heteroatoms. The second-order valence-electron chi connectivity index (χ2n) is 4.86. The van der Waals surface area contributed by atoms with Crippen molar-refractivity contribution in [3.05, 3.63) is 76.8 Å². The van der Waals surface area contributed by atoms with Crippen LogP contribution in [0.1, 0.15) is 15.9 Å². The third-order valence-electron chi connectivity index (χ3n) is 3.17. The van der Waals surface area contributed by atoms with Crippen molar-refractivity contribution < 1.29 is 18.3 Å². The molecule has 0 aliphatic rings. The summed E-state index contributed by atoms with van der Waals surface area (Å²) in [5.74, 6) is -1.87. The number of benzene rings is 2. The van der Waals surface area contributed by atoms with Crippen LogP contribution in [0.5, 0.6) is 10.9 Å². The van der Waals surface area contributed by atoms with E-state index in [1.807, 2.05) is 5.38 Å². The number of hydrogen-bond acceptors (Lipinski definition) is 4. The van der Waals surface area contributed by atoms with E-state index in [-0.39, 0.29) is 12.1 Å². The number of nitrogens with one attached hydrogen (secondary N) is 1. The van der Waals surface area contributed by atoms with Gasteiger partial charge in [0.25, 0.3) is 11.1 Å². The van der Waals surface area contributed by atoms with Gasteiger partial charge >= 0.3 is 0 Å². The summed E-state index contributed by atoms with van der Waals surface area (Å²) in [5, 5.41) is 5.02. The Hall–Kier alpha value is -2.80. The summed E-state index contributed by atoms with van der Waals surface area (Å²) < 4.78 is 31.5. The maximum absolute atomic E-state index is 13.1. The molecule has 0 saturated carbocycles. The van der Waals surface area contributed by atoms with E-state index in [1.165, 1.54) is 17.4 Å². The highest BCUT2D eigenvalue weighted by Crippen LogP contribution is 2.23. The summed E-state index contributed by atoms with van der Waals surface area (Å²) in [5.41, 5.74) is 0.912. The van der Waals surface area contributed by atoms with Gasteiger partial charge in [-0.05, 0) is 35.9 Å². The van der Waals surface area contributed by atoms with Gasteiger partial charge in [-0.1, -0.05) is 23.5 Å². The van der Waals surface area contributed by atoms with Gasteiger partial charge in [0.1, 0.15) is 5.75 Å². The molecule has 3 rings (SSSR count). The van der Waals surface area contributed by atoms with Crippen LogP contribution in [-0.4, -0.2) is 10.9 Å². The Kier molecular flexibility index (Phi) is 4.81. The normalized spacial score (nSPS) is 10.4. The fourth-order valence-corrected chi connectivity index (χ4v) is 2.46. The highest BCUT2D eigenvalue weighted by atomic mass is 32.1. The van der Waals surface area contributed by atoms with E-state index in [0.29, 0.717) is 10.9 Å². The third kappa shape index (κ3) is 3.94. The number of thiazole rings is 1. The van der Waals surface area contributed by atoms with Gasteiger partial charge < -0.3 is 10.1 Å². The maximum atomic E-state index is 13.1. The zero-order chi connectivity index (χ0) is 16.9. The average Bonchev–Trinajstić information content (AvgIpc) is 3.09. The zero-order valence-electron chi connectivity index (χ0n) is 12.3. The number of ether oxygens (including phenoxy) is 1. The summed E-state index contributed by atoms with van der Waals surface area (Å²) in [6.45, 7) is 0.259. The van der Waals surface area contributed by atoms with Gasteiger partial charge in [0.2, 0.25) is 0 Å². The highest BCUT2D eigenvalue weighted by molar-refractivity contribution is 7.11. The molecule has 1 N–H and O–H groups in total. The Morgan fingerprint density at radius 3 is 2.58 bits per heavy atom. The highest BCUT2D eigenvalue weighted by Gasteiger charge is 2.09. The summed E-state index contributed by atoms with van der Waals surface area (Å²) in [6, 6.07) is 10.2. The van der Waals surface area contributed by atoms with Crippen LogP contribution in [-0.2, 0) is 6.54 Å². The number of hydrogen-bond donors (Lipinski definition) is 1. The second-order valence-corrected chi connectivity index (χ2v) is 5.71. The smallest absolute Gasteiger partial charge is 0.278 e. The van der Waals surface area contributed by atoms with Gasteiger partial charge in [-0.15, -0.1) is 0 Å². The first kappa shape index (κ1) is 16.1. The van der Waals surface area contributed by atoms with Crippen molar-refractivity contribution in [3.63, 3.8) is 0 Å². The summed E-state index contributed by atoms with van der Waals surface area (Å²) in [7, 11) is 0. The first-order chi connectivity index (χ1) is 11.6. The maximum Gasteiger partial charge on any atom is 0.278 e. The molecular weight excluding hydrogens is 334 g/mol. The van der Waals surface area contributed by atoms with Crippen molar-refractivity contribution in [2.24, 2.45) is 0 Å². The molecule has 1 heterocycles. The molecule has 0 unspecified atom stereocenters. The molecule has 0 spiro atoms. The Labute approximate surface area is 140 Å². The van der Waals surface area contributed by atoms with Crippen LogP contribution in [0.3, 0.4) is 0 Å². The van der Waals surface area contributed by atoms with Crippen LogP contribution in [0.25, 0.3) is 0 Å². The van der Waals surface area contributed by atoms with Gasteiger partial charge in [-0.3, -0.25) is 4.79 Å². The number of halogens is 2. The quantitative estimate of drug-likeness (QED) is 0.755. The monoisotopic (exact) mass is 346 g/mol. The van der Waals surface area contributed by atoms with Crippen molar-refractivity contribution >= 4 is 17.2 Å². The second kappa shape index (κ2) is 7.18. The Morgan fingerprint density at radius 2 is 1.92 bits per heavy atom. The number of nitrogens with zero attached hydrogens (tertiary/aromatic N) is 1. The minimum absolute atomic E-state index is 0.0672. The Balaban J connectivity index is 1.58.